The highest BCUT2D eigenvalue weighted by Crippen LogP contribution is 2.49. The highest BCUT2D eigenvalue weighted by Gasteiger charge is 2.43. The van der Waals surface area contributed by atoms with Crippen LogP contribution in [0.15, 0.2) is 71.9 Å². The number of rotatable bonds is 5. The van der Waals surface area contributed by atoms with Gasteiger partial charge in [0.15, 0.2) is 0 Å². The van der Waals surface area contributed by atoms with E-state index in [-0.39, 0.29) is 28.2 Å². The maximum absolute atomic E-state index is 13.4. The van der Waals surface area contributed by atoms with Crippen molar-refractivity contribution in [3.8, 4) is 0 Å². The zero-order valence-corrected chi connectivity index (χ0v) is 17.6. The molecule has 0 spiro atoms. The van der Waals surface area contributed by atoms with Gasteiger partial charge in [-0.05, 0) is 60.7 Å². The van der Waals surface area contributed by atoms with Crippen LogP contribution in [0.3, 0.4) is 0 Å². The van der Waals surface area contributed by atoms with Gasteiger partial charge in [0.25, 0.3) is 0 Å². The fourth-order valence-electron chi connectivity index (χ4n) is 3.40. The number of hydrogen-bond donors (Lipinski definition) is 0. The van der Waals surface area contributed by atoms with Crippen LogP contribution in [-0.2, 0) is 4.84 Å². The van der Waals surface area contributed by atoms with E-state index in [2.05, 4.69) is 29.4 Å². The molecular formula is C24H18Cl2FNO2. The summed E-state index contributed by atoms with van der Waals surface area (Å²) < 4.78 is 13.4. The Balaban J connectivity index is 1.59. The molecule has 0 heterocycles. The van der Waals surface area contributed by atoms with E-state index in [1.54, 1.807) is 12.1 Å². The molecule has 1 fully saturated rings. The largest absolute Gasteiger partial charge is 0.365 e. The van der Waals surface area contributed by atoms with Gasteiger partial charge in [0.2, 0.25) is 0 Å². The van der Waals surface area contributed by atoms with E-state index in [0.29, 0.717) is 10.7 Å². The lowest BCUT2D eigenvalue weighted by molar-refractivity contribution is 0.0515. The molecule has 1 aliphatic carbocycles. The van der Waals surface area contributed by atoms with E-state index < -0.39 is 5.97 Å². The predicted octanol–water partition coefficient (Wildman–Crippen LogP) is 6.81. The van der Waals surface area contributed by atoms with Crippen molar-refractivity contribution in [1.29, 1.82) is 0 Å². The van der Waals surface area contributed by atoms with Crippen LogP contribution in [0.2, 0.25) is 10.0 Å². The molecule has 0 amide bonds. The van der Waals surface area contributed by atoms with Crippen molar-refractivity contribution in [3.63, 3.8) is 0 Å². The van der Waals surface area contributed by atoms with Crippen molar-refractivity contribution in [2.24, 2.45) is 11.1 Å². The molecule has 3 aromatic carbocycles. The Morgan fingerprint density at radius 2 is 1.63 bits per heavy atom. The number of hydrogen-bond acceptors (Lipinski definition) is 3. The average Bonchev–Trinajstić information content (AvgIpc) is 3.52. The number of carbonyl (C=O) groups excluding carboxylic acids is 1. The highest BCUT2D eigenvalue weighted by atomic mass is 35.5. The molecule has 0 aromatic heterocycles. The molecule has 2 atom stereocenters. The summed E-state index contributed by atoms with van der Waals surface area (Å²) in [7, 11) is 0. The van der Waals surface area contributed by atoms with Crippen molar-refractivity contribution >= 4 is 34.9 Å². The first-order chi connectivity index (χ1) is 14.4. The average molecular weight is 442 g/mol. The summed E-state index contributed by atoms with van der Waals surface area (Å²) in [6, 6.07) is 18.9. The summed E-state index contributed by atoms with van der Waals surface area (Å²) in [6.45, 7) is 2.04. The smallest absolute Gasteiger partial charge is 0.313 e. The Morgan fingerprint density at radius 1 is 0.967 bits per heavy atom. The number of nitrogens with zero attached hydrogens (tertiary/aromatic N) is 1. The van der Waals surface area contributed by atoms with Crippen LogP contribution in [-0.4, -0.2) is 11.7 Å². The quantitative estimate of drug-likeness (QED) is 0.248. The Kier molecular flexibility index (Phi) is 5.89. The lowest BCUT2D eigenvalue weighted by Crippen LogP contribution is -2.09. The molecule has 3 nitrogen and oxygen atoms in total. The van der Waals surface area contributed by atoms with Gasteiger partial charge in [-0.2, -0.15) is 0 Å². The molecule has 152 valence electrons. The van der Waals surface area contributed by atoms with Crippen molar-refractivity contribution in [2.45, 2.75) is 19.3 Å². The second-order valence-electron chi connectivity index (χ2n) is 7.35. The fourth-order valence-corrected chi connectivity index (χ4v) is 3.70. The van der Waals surface area contributed by atoms with Gasteiger partial charge in [-0.3, -0.25) is 0 Å². The number of halogens is 3. The van der Waals surface area contributed by atoms with Gasteiger partial charge in [0, 0.05) is 5.92 Å². The van der Waals surface area contributed by atoms with E-state index in [0.717, 1.165) is 12.0 Å². The molecule has 0 aliphatic heterocycles. The molecule has 1 aliphatic rings. The standard InChI is InChI=1S/C24H18Cl2FNO2/c1-14-2-4-15(5-3-14)19-13-20(19)23(16-6-9-18(27)10-7-16)28-30-24(29)17-8-11-21(25)22(26)12-17/h2-12,19-20H,13H2,1H3/b28-23-/t19-,20+/m1/s1. The minimum absolute atomic E-state index is 0.0831. The highest BCUT2D eigenvalue weighted by molar-refractivity contribution is 6.42. The van der Waals surface area contributed by atoms with Crippen molar-refractivity contribution in [2.75, 3.05) is 0 Å². The minimum atomic E-state index is -0.638. The van der Waals surface area contributed by atoms with E-state index in [1.807, 2.05) is 6.92 Å². The molecular weight excluding hydrogens is 424 g/mol. The van der Waals surface area contributed by atoms with Crippen molar-refractivity contribution in [3.05, 3.63) is 105 Å². The minimum Gasteiger partial charge on any atom is -0.313 e. The van der Waals surface area contributed by atoms with Crippen molar-refractivity contribution in [1.82, 2.24) is 0 Å². The van der Waals surface area contributed by atoms with Gasteiger partial charge in [-0.25, -0.2) is 9.18 Å². The molecule has 0 saturated heterocycles. The maximum atomic E-state index is 13.4. The summed E-state index contributed by atoms with van der Waals surface area (Å²) in [5, 5.41) is 4.79. The lowest BCUT2D eigenvalue weighted by Gasteiger charge is -2.08. The van der Waals surface area contributed by atoms with Crippen LogP contribution in [0.5, 0.6) is 0 Å². The van der Waals surface area contributed by atoms with Gasteiger partial charge >= 0.3 is 5.97 Å². The second kappa shape index (κ2) is 8.58. The SMILES string of the molecule is Cc1ccc([C@H]2C[C@@H]2/C(=N\OC(=O)c2ccc(Cl)c(Cl)c2)c2ccc(F)cc2)cc1. The summed E-state index contributed by atoms with van der Waals surface area (Å²) in [6.07, 6.45) is 0.879. The lowest BCUT2D eigenvalue weighted by atomic mass is 10.0. The molecule has 4 rings (SSSR count). The first-order valence-electron chi connectivity index (χ1n) is 9.49. The Hall–Kier alpha value is -2.69. The summed E-state index contributed by atoms with van der Waals surface area (Å²) in [4.78, 5) is 17.7. The second-order valence-corrected chi connectivity index (χ2v) is 8.16. The Morgan fingerprint density at radius 3 is 2.30 bits per heavy atom. The summed E-state index contributed by atoms with van der Waals surface area (Å²) >= 11 is 11.9. The van der Waals surface area contributed by atoms with Crippen LogP contribution in [0.1, 0.15) is 39.4 Å². The van der Waals surface area contributed by atoms with Crippen LogP contribution in [0.25, 0.3) is 0 Å². The molecule has 6 heteroatoms. The third kappa shape index (κ3) is 4.55. The van der Waals surface area contributed by atoms with Gasteiger partial charge < -0.3 is 4.84 Å². The number of aryl methyl sites for hydroxylation is 1. The van der Waals surface area contributed by atoms with E-state index in [4.69, 9.17) is 28.0 Å². The number of oxime groups is 1. The number of benzene rings is 3. The van der Waals surface area contributed by atoms with Gasteiger partial charge in [-0.15, -0.1) is 0 Å². The van der Waals surface area contributed by atoms with Crippen LogP contribution >= 0.6 is 23.2 Å². The zero-order valence-electron chi connectivity index (χ0n) is 16.1. The summed E-state index contributed by atoms with van der Waals surface area (Å²) in [5.74, 6) is -0.615. The van der Waals surface area contributed by atoms with E-state index in [1.165, 1.54) is 41.5 Å². The van der Waals surface area contributed by atoms with Gasteiger partial charge in [0.1, 0.15) is 5.82 Å². The molecule has 1 saturated carbocycles. The topological polar surface area (TPSA) is 38.7 Å². The fraction of sp³-hybridized carbons (Fsp3) is 0.167. The van der Waals surface area contributed by atoms with Gasteiger partial charge in [0.05, 0.1) is 21.3 Å². The first-order valence-corrected chi connectivity index (χ1v) is 10.2. The Bertz CT molecular complexity index is 1110. The van der Waals surface area contributed by atoms with E-state index in [9.17, 15) is 9.18 Å². The molecule has 0 unspecified atom stereocenters. The van der Waals surface area contributed by atoms with Gasteiger partial charge in [-0.1, -0.05) is 70.3 Å². The molecule has 0 radical (unpaired) electrons. The third-order valence-electron chi connectivity index (χ3n) is 5.17. The monoisotopic (exact) mass is 441 g/mol. The zero-order chi connectivity index (χ0) is 21.3. The molecule has 3 aromatic rings. The van der Waals surface area contributed by atoms with Crippen molar-refractivity contribution < 1.29 is 14.0 Å². The van der Waals surface area contributed by atoms with Crippen LogP contribution in [0, 0.1) is 18.7 Å². The first kappa shape index (κ1) is 20.6. The Labute approximate surface area is 184 Å². The normalized spacial score (nSPS) is 18.2. The third-order valence-corrected chi connectivity index (χ3v) is 5.91. The van der Waals surface area contributed by atoms with Crippen LogP contribution < -0.4 is 0 Å². The van der Waals surface area contributed by atoms with Crippen LogP contribution in [0.4, 0.5) is 4.39 Å². The summed E-state index contributed by atoms with van der Waals surface area (Å²) in [5.41, 5.74) is 3.99. The maximum Gasteiger partial charge on any atom is 0.365 e. The van der Waals surface area contributed by atoms with E-state index >= 15 is 0 Å². The molecule has 0 bridgehead atoms. The molecule has 0 N–H and O–H groups in total. The predicted molar refractivity (Wildman–Crippen MR) is 117 cm³/mol. The molecule has 30 heavy (non-hydrogen) atoms. The number of carbonyl (C=O) groups is 1.